The third-order valence-electron chi connectivity index (χ3n) is 5.21. The van der Waals surface area contributed by atoms with Gasteiger partial charge < -0.3 is 10.1 Å². The molecular formula is C23H24N4O2. The van der Waals surface area contributed by atoms with Crippen molar-refractivity contribution in [2.75, 3.05) is 12.4 Å². The quantitative estimate of drug-likeness (QED) is 0.537. The summed E-state index contributed by atoms with van der Waals surface area (Å²) in [6.45, 7) is 4.49. The summed E-state index contributed by atoms with van der Waals surface area (Å²) < 4.78 is 7.10. The standard InChI is InChI=1S/C23H24N4O2/c1-15-18(12-13-22(28)25-20-10-6-4-8-17(20)14-29-3)16(2)27-23(24-15)19-9-5-7-11-21(19)26-27/h4-11H,12-14H2,1-3H3,(H,25,28). The number of nitrogens with one attached hydrogen (secondary N) is 1. The summed E-state index contributed by atoms with van der Waals surface area (Å²) in [6, 6.07) is 15.7. The van der Waals surface area contributed by atoms with E-state index in [0.29, 0.717) is 19.4 Å². The van der Waals surface area contributed by atoms with Gasteiger partial charge in [-0.1, -0.05) is 30.3 Å². The monoisotopic (exact) mass is 388 g/mol. The number of hydrogen-bond donors (Lipinski definition) is 1. The Kier molecular flexibility index (Phi) is 5.27. The maximum atomic E-state index is 12.6. The molecule has 29 heavy (non-hydrogen) atoms. The first-order valence-corrected chi connectivity index (χ1v) is 9.68. The fourth-order valence-corrected chi connectivity index (χ4v) is 3.71. The van der Waals surface area contributed by atoms with Crippen molar-refractivity contribution in [3.05, 3.63) is 71.0 Å². The van der Waals surface area contributed by atoms with Crippen LogP contribution in [0.2, 0.25) is 0 Å². The molecule has 0 fully saturated rings. The van der Waals surface area contributed by atoms with E-state index < -0.39 is 0 Å². The van der Waals surface area contributed by atoms with Crippen LogP contribution in [0.25, 0.3) is 16.6 Å². The molecule has 1 amide bonds. The highest BCUT2D eigenvalue weighted by atomic mass is 16.5. The Balaban J connectivity index is 1.55. The topological polar surface area (TPSA) is 68.5 Å². The molecule has 2 aromatic heterocycles. The lowest BCUT2D eigenvalue weighted by molar-refractivity contribution is -0.116. The van der Waals surface area contributed by atoms with Gasteiger partial charge in [0, 0.05) is 41.6 Å². The molecule has 0 unspecified atom stereocenters. The van der Waals surface area contributed by atoms with E-state index in [-0.39, 0.29) is 5.91 Å². The van der Waals surface area contributed by atoms with Crippen molar-refractivity contribution in [3.63, 3.8) is 0 Å². The summed E-state index contributed by atoms with van der Waals surface area (Å²) in [6.07, 6.45) is 0.978. The van der Waals surface area contributed by atoms with E-state index in [2.05, 4.69) is 10.4 Å². The number of ether oxygens (including phenoxy) is 1. The summed E-state index contributed by atoms with van der Waals surface area (Å²) in [7, 11) is 1.64. The second kappa shape index (κ2) is 8.01. The van der Waals surface area contributed by atoms with Crippen molar-refractivity contribution in [2.45, 2.75) is 33.3 Å². The number of benzene rings is 2. The summed E-state index contributed by atoms with van der Waals surface area (Å²) >= 11 is 0. The Morgan fingerprint density at radius 2 is 1.86 bits per heavy atom. The zero-order valence-electron chi connectivity index (χ0n) is 16.9. The minimum Gasteiger partial charge on any atom is -0.380 e. The van der Waals surface area contributed by atoms with Gasteiger partial charge in [0.05, 0.1) is 12.1 Å². The van der Waals surface area contributed by atoms with E-state index in [9.17, 15) is 4.79 Å². The van der Waals surface area contributed by atoms with E-state index in [4.69, 9.17) is 9.72 Å². The number of rotatable bonds is 6. The fourth-order valence-electron chi connectivity index (χ4n) is 3.71. The number of aryl methyl sites for hydroxylation is 2. The molecular weight excluding hydrogens is 364 g/mol. The lowest BCUT2D eigenvalue weighted by Gasteiger charge is -2.13. The van der Waals surface area contributed by atoms with Crippen LogP contribution in [0.15, 0.2) is 48.5 Å². The van der Waals surface area contributed by atoms with E-state index in [0.717, 1.165) is 44.8 Å². The molecule has 1 N–H and O–H groups in total. The van der Waals surface area contributed by atoms with Gasteiger partial charge >= 0.3 is 0 Å². The van der Waals surface area contributed by atoms with Gasteiger partial charge in [0.1, 0.15) is 0 Å². The molecule has 0 aliphatic carbocycles. The van der Waals surface area contributed by atoms with Gasteiger partial charge in [0.25, 0.3) is 0 Å². The second-order valence-electron chi connectivity index (χ2n) is 7.15. The van der Waals surface area contributed by atoms with Gasteiger partial charge in [-0.3, -0.25) is 4.79 Å². The molecule has 0 aliphatic heterocycles. The first-order chi connectivity index (χ1) is 14.1. The van der Waals surface area contributed by atoms with Gasteiger partial charge in [-0.05, 0) is 44.0 Å². The van der Waals surface area contributed by atoms with Crippen molar-refractivity contribution >= 4 is 28.1 Å². The SMILES string of the molecule is COCc1ccccc1NC(=O)CCc1c(C)nc2c3ccccc3nn2c1C. The Bertz CT molecular complexity index is 1200. The third-order valence-corrected chi connectivity index (χ3v) is 5.21. The molecule has 0 saturated heterocycles. The number of fused-ring (bicyclic) bond motifs is 3. The predicted octanol–water partition coefficient (Wildman–Crippen LogP) is 4.22. The zero-order valence-corrected chi connectivity index (χ0v) is 16.9. The molecule has 2 heterocycles. The van der Waals surface area contributed by atoms with E-state index in [1.54, 1.807) is 7.11 Å². The molecule has 2 aromatic carbocycles. The van der Waals surface area contributed by atoms with Gasteiger partial charge in [-0.2, -0.15) is 5.10 Å². The number of nitrogens with zero attached hydrogens (tertiary/aromatic N) is 3. The minimum absolute atomic E-state index is 0.0296. The third kappa shape index (κ3) is 3.71. The average Bonchev–Trinajstić information content (AvgIpc) is 3.08. The normalized spacial score (nSPS) is 11.3. The Morgan fingerprint density at radius 3 is 2.69 bits per heavy atom. The molecule has 0 bridgehead atoms. The van der Waals surface area contributed by atoms with Gasteiger partial charge in [0.2, 0.25) is 5.91 Å². The summed E-state index contributed by atoms with van der Waals surface area (Å²) in [5.74, 6) is -0.0296. The van der Waals surface area contributed by atoms with Crippen LogP contribution in [0.3, 0.4) is 0 Å². The van der Waals surface area contributed by atoms with Crippen molar-refractivity contribution in [1.82, 2.24) is 14.6 Å². The molecule has 0 aliphatic rings. The van der Waals surface area contributed by atoms with Crippen LogP contribution >= 0.6 is 0 Å². The van der Waals surface area contributed by atoms with Crippen LogP contribution in [-0.2, 0) is 22.6 Å². The van der Waals surface area contributed by atoms with E-state index in [1.807, 2.05) is 66.9 Å². The smallest absolute Gasteiger partial charge is 0.224 e. The van der Waals surface area contributed by atoms with Crippen LogP contribution in [0.1, 0.15) is 28.9 Å². The van der Waals surface area contributed by atoms with Crippen molar-refractivity contribution < 1.29 is 9.53 Å². The molecule has 0 spiro atoms. The number of carbonyl (C=O) groups excluding carboxylic acids is 1. The van der Waals surface area contributed by atoms with Crippen molar-refractivity contribution in [1.29, 1.82) is 0 Å². The first-order valence-electron chi connectivity index (χ1n) is 9.68. The zero-order chi connectivity index (χ0) is 20.4. The maximum Gasteiger partial charge on any atom is 0.224 e. The molecule has 0 saturated carbocycles. The highest BCUT2D eigenvalue weighted by molar-refractivity contribution is 5.93. The van der Waals surface area contributed by atoms with Gasteiger partial charge in [-0.15, -0.1) is 0 Å². The first kappa shape index (κ1) is 19.1. The molecule has 148 valence electrons. The minimum atomic E-state index is -0.0296. The average molecular weight is 388 g/mol. The number of para-hydroxylation sites is 1. The Morgan fingerprint density at radius 1 is 1.10 bits per heavy atom. The highest BCUT2D eigenvalue weighted by Crippen LogP contribution is 2.23. The number of aromatic nitrogens is 3. The number of anilines is 1. The molecule has 6 nitrogen and oxygen atoms in total. The van der Waals surface area contributed by atoms with Crippen LogP contribution in [-0.4, -0.2) is 27.6 Å². The largest absolute Gasteiger partial charge is 0.380 e. The second-order valence-corrected chi connectivity index (χ2v) is 7.15. The van der Waals surface area contributed by atoms with Crippen LogP contribution < -0.4 is 5.32 Å². The van der Waals surface area contributed by atoms with E-state index in [1.165, 1.54) is 0 Å². The Hall–Kier alpha value is -3.25. The molecule has 4 aromatic rings. The molecule has 6 heteroatoms. The lowest BCUT2D eigenvalue weighted by Crippen LogP contribution is -2.15. The van der Waals surface area contributed by atoms with Gasteiger partial charge in [0.15, 0.2) is 5.65 Å². The van der Waals surface area contributed by atoms with Crippen LogP contribution in [0.5, 0.6) is 0 Å². The van der Waals surface area contributed by atoms with Gasteiger partial charge in [-0.25, -0.2) is 9.50 Å². The fraction of sp³-hybridized carbons (Fsp3) is 0.261. The number of hydrogen-bond acceptors (Lipinski definition) is 4. The number of carbonyl (C=O) groups is 1. The number of methoxy groups -OCH3 is 1. The summed E-state index contributed by atoms with van der Waals surface area (Å²) in [4.78, 5) is 17.4. The van der Waals surface area contributed by atoms with E-state index >= 15 is 0 Å². The highest BCUT2D eigenvalue weighted by Gasteiger charge is 2.15. The molecule has 4 rings (SSSR count). The molecule has 0 atom stereocenters. The number of amides is 1. The lowest BCUT2D eigenvalue weighted by atomic mass is 10.1. The maximum absolute atomic E-state index is 12.6. The van der Waals surface area contributed by atoms with Crippen molar-refractivity contribution in [3.8, 4) is 0 Å². The van der Waals surface area contributed by atoms with Crippen LogP contribution in [0.4, 0.5) is 5.69 Å². The molecule has 0 radical (unpaired) electrons. The van der Waals surface area contributed by atoms with Crippen LogP contribution in [0, 0.1) is 13.8 Å². The summed E-state index contributed by atoms with van der Waals surface area (Å²) in [5, 5.41) is 8.72. The summed E-state index contributed by atoms with van der Waals surface area (Å²) in [5.41, 5.74) is 6.56. The predicted molar refractivity (Wildman–Crippen MR) is 114 cm³/mol. The van der Waals surface area contributed by atoms with Crippen molar-refractivity contribution in [2.24, 2.45) is 0 Å². The Labute approximate surface area is 169 Å².